The molecule has 6 atom stereocenters. The van der Waals surface area contributed by atoms with Crippen LogP contribution in [0.15, 0.2) is 11.6 Å². The minimum Gasteiger partial charge on any atom is -0.390 e. The number of hydrogen-bond donors (Lipinski definition) is 2. The molecule has 2 aliphatic rings. The molecule has 0 bridgehead atoms. The highest BCUT2D eigenvalue weighted by molar-refractivity contribution is 14.1. The SMILES string of the molecule is COC1C(O)CCC(O)(CI)C1C1(C)OC1CC=C(C)C. The van der Waals surface area contributed by atoms with E-state index in [0.29, 0.717) is 17.3 Å². The molecule has 0 amide bonds. The van der Waals surface area contributed by atoms with Gasteiger partial charge in [0.05, 0.1) is 23.9 Å². The van der Waals surface area contributed by atoms with Crippen molar-refractivity contribution in [2.75, 3.05) is 11.5 Å². The minimum atomic E-state index is -0.838. The lowest BCUT2D eigenvalue weighted by molar-refractivity contribution is -0.168. The maximum atomic E-state index is 11.0. The zero-order valence-corrected chi connectivity index (χ0v) is 15.5. The van der Waals surface area contributed by atoms with Crippen LogP contribution in [0.25, 0.3) is 0 Å². The van der Waals surface area contributed by atoms with Crippen molar-refractivity contribution in [3.05, 3.63) is 11.6 Å². The molecule has 21 heavy (non-hydrogen) atoms. The first kappa shape index (κ1) is 17.7. The van der Waals surface area contributed by atoms with Crippen LogP contribution in [0.3, 0.4) is 0 Å². The summed E-state index contributed by atoms with van der Waals surface area (Å²) in [5.41, 5.74) is 0.00654. The topological polar surface area (TPSA) is 62.2 Å². The van der Waals surface area contributed by atoms with Gasteiger partial charge >= 0.3 is 0 Å². The van der Waals surface area contributed by atoms with Gasteiger partial charge in [-0.15, -0.1) is 0 Å². The summed E-state index contributed by atoms with van der Waals surface area (Å²) in [6.07, 6.45) is 3.36. The molecule has 5 heteroatoms. The number of ether oxygens (including phenoxy) is 2. The molecule has 0 aromatic carbocycles. The summed E-state index contributed by atoms with van der Waals surface area (Å²) in [6, 6.07) is 0. The van der Waals surface area contributed by atoms with Crippen molar-refractivity contribution in [3.63, 3.8) is 0 Å². The lowest BCUT2D eigenvalue weighted by atomic mass is 9.66. The molecule has 1 aliphatic heterocycles. The van der Waals surface area contributed by atoms with Crippen LogP contribution in [0.5, 0.6) is 0 Å². The number of epoxide rings is 1. The Bertz CT molecular complexity index is 409. The molecular weight excluding hydrogens is 383 g/mol. The van der Waals surface area contributed by atoms with E-state index in [-0.39, 0.29) is 18.1 Å². The van der Waals surface area contributed by atoms with Crippen LogP contribution in [-0.2, 0) is 9.47 Å². The van der Waals surface area contributed by atoms with Gasteiger partial charge in [0, 0.05) is 17.5 Å². The summed E-state index contributed by atoms with van der Waals surface area (Å²) in [6.45, 7) is 6.19. The Balaban J connectivity index is 2.22. The van der Waals surface area contributed by atoms with Crippen LogP contribution < -0.4 is 0 Å². The second-order valence-electron chi connectivity index (χ2n) is 6.83. The normalized spacial score (nSPS) is 46.2. The van der Waals surface area contributed by atoms with E-state index in [2.05, 4.69) is 42.5 Å². The molecule has 0 aromatic rings. The molecule has 2 rings (SSSR count). The molecule has 0 spiro atoms. The van der Waals surface area contributed by atoms with Crippen LogP contribution in [0.2, 0.25) is 0 Å². The molecule has 2 N–H and O–H groups in total. The molecule has 1 saturated carbocycles. The largest absolute Gasteiger partial charge is 0.390 e. The van der Waals surface area contributed by atoms with Gasteiger partial charge in [-0.2, -0.15) is 0 Å². The molecular formula is C16H27IO4. The smallest absolute Gasteiger partial charge is 0.100 e. The van der Waals surface area contributed by atoms with E-state index < -0.39 is 17.3 Å². The Kier molecular flexibility index (Phi) is 5.41. The highest BCUT2D eigenvalue weighted by Crippen LogP contribution is 2.54. The van der Waals surface area contributed by atoms with Gasteiger partial charge in [-0.25, -0.2) is 0 Å². The van der Waals surface area contributed by atoms with Crippen LogP contribution in [0.4, 0.5) is 0 Å². The van der Waals surface area contributed by atoms with Gasteiger partial charge in [0.1, 0.15) is 5.60 Å². The molecule has 4 nitrogen and oxygen atoms in total. The molecule has 1 saturated heterocycles. The third-order valence-corrected chi connectivity index (χ3v) is 6.32. The summed E-state index contributed by atoms with van der Waals surface area (Å²) in [7, 11) is 1.61. The standard InChI is InChI=1S/C16H27IO4/c1-10(2)5-6-12-15(3,21-12)14-13(20-4)11(18)7-8-16(14,19)9-17/h5,11-14,18-19H,6-9H2,1-4H3. The maximum absolute atomic E-state index is 11.0. The highest BCUT2D eigenvalue weighted by atomic mass is 127. The second kappa shape index (κ2) is 6.43. The van der Waals surface area contributed by atoms with Crippen molar-refractivity contribution >= 4 is 22.6 Å². The molecule has 2 fully saturated rings. The first-order valence-corrected chi connectivity index (χ1v) is 9.11. The third kappa shape index (κ3) is 3.32. The number of halogens is 1. The van der Waals surface area contributed by atoms with E-state index in [4.69, 9.17) is 9.47 Å². The predicted molar refractivity (Wildman–Crippen MR) is 90.7 cm³/mol. The van der Waals surface area contributed by atoms with E-state index >= 15 is 0 Å². The summed E-state index contributed by atoms with van der Waals surface area (Å²) in [4.78, 5) is 0. The van der Waals surface area contributed by atoms with Gasteiger partial charge in [0.25, 0.3) is 0 Å². The molecule has 0 aromatic heterocycles. The van der Waals surface area contributed by atoms with Crippen molar-refractivity contribution in [1.29, 1.82) is 0 Å². The number of hydrogen-bond acceptors (Lipinski definition) is 4. The number of methoxy groups -OCH3 is 1. The first-order valence-electron chi connectivity index (χ1n) is 7.59. The molecule has 1 aliphatic carbocycles. The fourth-order valence-corrected chi connectivity index (χ4v) is 4.58. The highest BCUT2D eigenvalue weighted by Gasteiger charge is 2.66. The summed E-state index contributed by atoms with van der Waals surface area (Å²) < 4.78 is 12.1. The van der Waals surface area contributed by atoms with Crippen molar-refractivity contribution in [2.24, 2.45) is 5.92 Å². The molecule has 1 heterocycles. The number of alkyl halides is 1. The fraction of sp³-hybridized carbons (Fsp3) is 0.875. The van der Waals surface area contributed by atoms with E-state index in [1.165, 1.54) is 5.57 Å². The van der Waals surface area contributed by atoms with E-state index in [9.17, 15) is 10.2 Å². The average Bonchev–Trinajstić information content (AvgIpc) is 3.10. The quantitative estimate of drug-likeness (QED) is 0.317. The maximum Gasteiger partial charge on any atom is 0.100 e. The van der Waals surface area contributed by atoms with Crippen molar-refractivity contribution < 1.29 is 19.7 Å². The van der Waals surface area contributed by atoms with E-state index in [1.807, 2.05) is 6.92 Å². The van der Waals surface area contributed by atoms with Gasteiger partial charge in [0.2, 0.25) is 0 Å². The second-order valence-corrected chi connectivity index (χ2v) is 7.59. The van der Waals surface area contributed by atoms with Crippen molar-refractivity contribution in [2.45, 2.75) is 69.5 Å². The summed E-state index contributed by atoms with van der Waals surface area (Å²) >= 11 is 2.22. The van der Waals surface area contributed by atoms with Crippen LogP contribution in [0, 0.1) is 5.92 Å². The van der Waals surface area contributed by atoms with Crippen LogP contribution in [0.1, 0.15) is 40.0 Å². The number of aliphatic hydroxyl groups is 2. The zero-order chi connectivity index (χ0) is 15.8. The molecule has 0 radical (unpaired) electrons. The van der Waals surface area contributed by atoms with Crippen LogP contribution >= 0.6 is 22.6 Å². The lowest BCUT2D eigenvalue weighted by Crippen LogP contribution is -2.60. The Morgan fingerprint density at radius 1 is 1.48 bits per heavy atom. The monoisotopic (exact) mass is 410 g/mol. The average molecular weight is 410 g/mol. The lowest BCUT2D eigenvalue weighted by Gasteiger charge is -2.47. The van der Waals surface area contributed by atoms with Gasteiger partial charge in [0.15, 0.2) is 0 Å². The van der Waals surface area contributed by atoms with Gasteiger partial charge in [-0.3, -0.25) is 0 Å². The Morgan fingerprint density at radius 3 is 2.67 bits per heavy atom. The number of allylic oxidation sites excluding steroid dienone is 1. The Hall–Kier alpha value is 0.310. The van der Waals surface area contributed by atoms with Gasteiger partial charge in [-0.05, 0) is 40.0 Å². The zero-order valence-electron chi connectivity index (χ0n) is 13.3. The number of aliphatic hydroxyl groups excluding tert-OH is 1. The van der Waals surface area contributed by atoms with Crippen molar-refractivity contribution in [1.82, 2.24) is 0 Å². The summed E-state index contributed by atoms with van der Waals surface area (Å²) in [5.74, 6) is -0.203. The third-order valence-electron chi connectivity index (χ3n) is 5.00. The fourth-order valence-electron chi connectivity index (χ4n) is 3.72. The van der Waals surface area contributed by atoms with E-state index in [1.54, 1.807) is 7.11 Å². The van der Waals surface area contributed by atoms with Crippen LogP contribution in [-0.4, -0.2) is 51.3 Å². The molecule has 122 valence electrons. The van der Waals surface area contributed by atoms with Gasteiger partial charge < -0.3 is 19.7 Å². The van der Waals surface area contributed by atoms with Gasteiger partial charge in [-0.1, -0.05) is 34.2 Å². The summed E-state index contributed by atoms with van der Waals surface area (Å²) in [5, 5.41) is 21.3. The predicted octanol–water partition coefficient (Wildman–Crippen LogP) is 2.45. The van der Waals surface area contributed by atoms with Crippen molar-refractivity contribution in [3.8, 4) is 0 Å². The van der Waals surface area contributed by atoms with E-state index in [0.717, 1.165) is 6.42 Å². The Labute approximate surface area is 141 Å². The molecule has 6 unspecified atom stereocenters. The first-order chi connectivity index (χ1) is 9.78. The Morgan fingerprint density at radius 2 is 2.14 bits per heavy atom. The minimum absolute atomic E-state index is 0.0924. The number of rotatable bonds is 5.